The standard InChI is InChI=1S/C10H5BrN2O/c11-9-3-1-7(2-4-9)10-8(5-12)6-13-14-10/h1-4,6H. The molecule has 0 spiro atoms. The van der Waals surface area contributed by atoms with E-state index in [-0.39, 0.29) is 0 Å². The van der Waals surface area contributed by atoms with Crippen molar-refractivity contribution in [2.24, 2.45) is 0 Å². The van der Waals surface area contributed by atoms with E-state index in [9.17, 15) is 0 Å². The molecule has 2 rings (SSSR count). The second-order valence-corrected chi connectivity index (χ2v) is 3.60. The molecule has 0 amide bonds. The summed E-state index contributed by atoms with van der Waals surface area (Å²) in [6, 6.07) is 9.53. The average molecular weight is 249 g/mol. The number of nitrogens with zero attached hydrogens (tertiary/aromatic N) is 2. The fourth-order valence-electron chi connectivity index (χ4n) is 1.13. The van der Waals surface area contributed by atoms with Crippen LogP contribution in [0, 0.1) is 11.3 Å². The number of benzene rings is 1. The van der Waals surface area contributed by atoms with Gasteiger partial charge in [-0.3, -0.25) is 0 Å². The molecule has 1 aromatic heterocycles. The largest absolute Gasteiger partial charge is 0.355 e. The summed E-state index contributed by atoms with van der Waals surface area (Å²) in [6.45, 7) is 0. The van der Waals surface area contributed by atoms with Crippen LogP contribution in [-0.4, -0.2) is 5.16 Å². The van der Waals surface area contributed by atoms with Crippen molar-refractivity contribution in [1.82, 2.24) is 5.16 Å². The molecule has 0 atom stereocenters. The Labute approximate surface area is 89.1 Å². The molecule has 4 heteroatoms. The first kappa shape index (κ1) is 8.97. The molecule has 0 saturated carbocycles. The van der Waals surface area contributed by atoms with Crippen LogP contribution in [0.3, 0.4) is 0 Å². The Balaban J connectivity index is 2.50. The average Bonchev–Trinajstić information content (AvgIpc) is 2.67. The van der Waals surface area contributed by atoms with Gasteiger partial charge in [-0.05, 0) is 24.3 Å². The summed E-state index contributed by atoms with van der Waals surface area (Å²) in [4.78, 5) is 0. The second-order valence-electron chi connectivity index (χ2n) is 2.69. The molecule has 0 radical (unpaired) electrons. The Morgan fingerprint density at radius 3 is 2.64 bits per heavy atom. The predicted molar refractivity (Wildman–Crippen MR) is 54.4 cm³/mol. The first-order chi connectivity index (χ1) is 6.81. The number of rotatable bonds is 1. The van der Waals surface area contributed by atoms with Gasteiger partial charge in [-0.2, -0.15) is 5.26 Å². The van der Waals surface area contributed by atoms with Gasteiger partial charge in [0.15, 0.2) is 5.76 Å². The van der Waals surface area contributed by atoms with Gasteiger partial charge in [-0.15, -0.1) is 0 Å². The number of hydrogen-bond donors (Lipinski definition) is 0. The summed E-state index contributed by atoms with van der Waals surface area (Å²) in [5.74, 6) is 0.514. The van der Waals surface area contributed by atoms with Gasteiger partial charge in [0.05, 0.1) is 6.20 Å². The maximum absolute atomic E-state index is 8.76. The molecule has 68 valence electrons. The van der Waals surface area contributed by atoms with Crippen molar-refractivity contribution < 1.29 is 4.52 Å². The van der Waals surface area contributed by atoms with Gasteiger partial charge in [0.1, 0.15) is 11.6 Å². The molecule has 1 heterocycles. The van der Waals surface area contributed by atoms with E-state index < -0.39 is 0 Å². The van der Waals surface area contributed by atoms with Crippen molar-refractivity contribution in [3.63, 3.8) is 0 Å². The lowest BCUT2D eigenvalue weighted by Gasteiger charge is -1.95. The minimum Gasteiger partial charge on any atom is -0.355 e. The van der Waals surface area contributed by atoms with Crippen molar-refractivity contribution in [2.75, 3.05) is 0 Å². The molecule has 0 N–H and O–H groups in total. The summed E-state index contributed by atoms with van der Waals surface area (Å²) in [5, 5.41) is 12.3. The van der Waals surface area contributed by atoms with Crippen LogP contribution in [0.25, 0.3) is 11.3 Å². The van der Waals surface area contributed by atoms with Crippen LogP contribution in [-0.2, 0) is 0 Å². The van der Waals surface area contributed by atoms with Crippen LogP contribution in [0.15, 0.2) is 39.5 Å². The van der Waals surface area contributed by atoms with Crippen molar-refractivity contribution in [2.45, 2.75) is 0 Å². The molecule has 3 nitrogen and oxygen atoms in total. The highest BCUT2D eigenvalue weighted by atomic mass is 79.9. The van der Waals surface area contributed by atoms with Gasteiger partial charge in [-0.1, -0.05) is 21.1 Å². The zero-order chi connectivity index (χ0) is 9.97. The highest BCUT2D eigenvalue weighted by Crippen LogP contribution is 2.24. The lowest BCUT2D eigenvalue weighted by Crippen LogP contribution is -1.77. The van der Waals surface area contributed by atoms with E-state index in [4.69, 9.17) is 9.78 Å². The Hall–Kier alpha value is -1.60. The first-order valence-corrected chi connectivity index (χ1v) is 4.71. The van der Waals surface area contributed by atoms with Gasteiger partial charge in [0, 0.05) is 10.0 Å². The molecule has 0 saturated heterocycles. The third-order valence-corrected chi connectivity index (χ3v) is 2.33. The van der Waals surface area contributed by atoms with Crippen LogP contribution in [0.2, 0.25) is 0 Å². The lowest BCUT2D eigenvalue weighted by molar-refractivity contribution is 0.432. The van der Waals surface area contributed by atoms with Crippen LogP contribution >= 0.6 is 15.9 Å². The number of hydrogen-bond acceptors (Lipinski definition) is 3. The predicted octanol–water partition coefficient (Wildman–Crippen LogP) is 2.98. The van der Waals surface area contributed by atoms with Gasteiger partial charge in [0.25, 0.3) is 0 Å². The molecular weight excluding hydrogens is 244 g/mol. The molecule has 0 aliphatic rings. The summed E-state index contributed by atoms with van der Waals surface area (Å²) in [6.07, 6.45) is 1.41. The molecule has 0 bridgehead atoms. The van der Waals surface area contributed by atoms with Gasteiger partial charge in [0.2, 0.25) is 0 Å². The Morgan fingerprint density at radius 1 is 1.29 bits per heavy atom. The number of halogens is 1. The summed E-state index contributed by atoms with van der Waals surface area (Å²) in [5.41, 5.74) is 1.30. The van der Waals surface area contributed by atoms with E-state index in [2.05, 4.69) is 21.1 Å². The molecular formula is C10H5BrN2O. The Bertz CT molecular complexity index is 482. The van der Waals surface area contributed by atoms with Gasteiger partial charge < -0.3 is 4.52 Å². The molecule has 1 aromatic carbocycles. The highest BCUT2D eigenvalue weighted by Gasteiger charge is 2.09. The van der Waals surface area contributed by atoms with E-state index in [1.807, 2.05) is 30.3 Å². The second kappa shape index (κ2) is 3.64. The van der Waals surface area contributed by atoms with Crippen molar-refractivity contribution >= 4 is 15.9 Å². The fraction of sp³-hybridized carbons (Fsp3) is 0. The minimum atomic E-state index is 0.451. The van der Waals surface area contributed by atoms with E-state index in [0.717, 1.165) is 10.0 Å². The van der Waals surface area contributed by atoms with Crippen LogP contribution < -0.4 is 0 Å². The van der Waals surface area contributed by atoms with Gasteiger partial charge >= 0.3 is 0 Å². The van der Waals surface area contributed by atoms with Crippen molar-refractivity contribution in [3.05, 3.63) is 40.5 Å². The third-order valence-electron chi connectivity index (χ3n) is 1.80. The van der Waals surface area contributed by atoms with Crippen molar-refractivity contribution in [1.29, 1.82) is 5.26 Å². The lowest BCUT2D eigenvalue weighted by atomic mass is 10.1. The fourth-order valence-corrected chi connectivity index (χ4v) is 1.39. The molecule has 0 aliphatic heterocycles. The third kappa shape index (κ3) is 1.54. The van der Waals surface area contributed by atoms with Crippen LogP contribution in [0.4, 0.5) is 0 Å². The summed E-state index contributed by atoms with van der Waals surface area (Å²) < 4.78 is 5.98. The maximum atomic E-state index is 8.76. The quantitative estimate of drug-likeness (QED) is 0.780. The first-order valence-electron chi connectivity index (χ1n) is 3.92. The van der Waals surface area contributed by atoms with Crippen LogP contribution in [0.1, 0.15) is 5.56 Å². The zero-order valence-electron chi connectivity index (χ0n) is 7.07. The smallest absolute Gasteiger partial charge is 0.184 e. The van der Waals surface area contributed by atoms with Gasteiger partial charge in [-0.25, -0.2) is 0 Å². The minimum absolute atomic E-state index is 0.451. The zero-order valence-corrected chi connectivity index (χ0v) is 8.65. The topological polar surface area (TPSA) is 49.8 Å². The molecule has 0 unspecified atom stereocenters. The van der Waals surface area contributed by atoms with E-state index in [1.165, 1.54) is 6.20 Å². The molecule has 0 aliphatic carbocycles. The summed E-state index contributed by atoms with van der Waals surface area (Å²) in [7, 11) is 0. The Kier molecular flexibility index (Phi) is 2.33. The van der Waals surface area contributed by atoms with Crippen molar-refractivity contribution in [3.8, 4) is 17.4 Å². The monoisotopic (exact) mass is 248 g/mol. The normalized spacial score (nSPS) is 9.71. The SMILES string of the molecule is N#Cc1cnoc1-c1ccc(Br)cc1. The van der Waals surface area contributed by atoms with E-state index in [0.29, 0.717) is 11.3 Å². The molecule has 2 aromatic rings. The highest BCUT2D eigenvalue weighted by molar-refractivity contribution is 9.10. The summed E-state index contributed by atoms with van der Waals surface area (Å²) >= 11 is 3.33. The number of aromatic nitrogens is 1. The Morgan fingerprint density at radius 2 is 2.00 bits per heavy atom. The number of nitriles is 1. The molecule has 14 heavy (non-hydrogen) atoms. The van der Waals surface area contributed by atoms with E-state index in [1.54, 1.807) is 0 Å². The molecule has 0 fully saturated rings. The van der Waals surface area contributed by atoms with E-state index >= 15 is 0 Å². The van der Waals surface area contributed by atoms with Crippen LogP contribution in [0.5, 0.6) is 0 Å². The maximum Gasteiger partial charge on any atom is 0.184 e.